The number of benzene rings is 3. The van der Waals surface area contributed by atoms with Crippen LogP contribution < -0.4 is 10.9 Å². The molecule has 3 aromatic carbocycles. The molecule has 0 aliphatic heterocycles. The fourth-order valence-electron chi connectivity index (χ4n) is 3.07. The van der Waals surface area contributed by atoms with Crippen LogP contribution in [0.2, 0.25) is 0 Å². The predicted molar refractivity (Wildman–Crippen MR) is 106 cm³/mol. The summed E-state index contributed by atoms with van der Waals surface area (Å²) in [5.41, 5.74) is -0.291. The van der Waals surface area contributed by atoms with E-state index in [1.165, 1.54) is 6.07 Å². The first kappa shape index (κ1) is 19.4. The Kier molecular flexibility index (Phi) is 5.05. The molecule has 5 nitrogen and oxygen atoms in total. The molecule has 1 N–H and O–H groups in total. The van der Waals surface area contributed by atoms with Crippen LogP contribution in [0, 0.1) is 17.5 Å². The second kappa shape index (κ2) is 7.82. The molecular weight excluding hydrogens is 395 g/mol. The molecule has 0 fully saturated rings. The van der Waals surface area contributed by atoms with E-state index in [9.17, 15) is 22.8 Å². The summed E-state index contributed by atoms with van der Waals surface area (Å²) in [6.45, 7) is 0.115. The van der Waals surface area contributed by atoms with Crippen molar-refractivity contribution in [3.63, 3.8) is 0 Å². The van der Waals surface area contributed by atoms with Gasteiger partial charge in [-0.05, 0) is 23.8 Å². The standard InChI is InChI=1S/C22H14F3N3O2/c23-16-10-11-17(19(25)18(16)24)26-21(29)20-14-8-4-5-9-15(14)22(30)28(27-20)12-13-6-2-1-3-7-13/h1-11H,12H2,(H,26,29). The van der Waals surface area contributed by atoms with E-state index in [4.69, 9.17) is 0 Å². The lowest BCUT2D eigenvalue weighted by atomic mass is 10.1. The van der Waals surface area contributed by atoms with Crippen molar-refractivity contribution >= 4 is 22.4 Å². The maximum Gasteiger partial charge on any atom is 0.276 e. The summed E-state index contributed by atoms with van der Waals surface area (Å²) in [4.78, 5) is 25.6. The van der Waals surface area contributed by atoms with Gasteiger partial charge in [-0.25, -0.2) is 17.9 Å². The molecule has 4 aromatic rings. The van der Waals surface area contributed by atoms with Crippen LogP contribution in [-0.4, -0.2) is 15.7 Å². The maximum atomic E-state index is 14.0. The van der Waals surface area contributed by atoms with Crippen molar-refractivity contribution in [2.75, 3.05) is 5.32 Å². The number of fused-ring (bicyclic) bond motifs is 1. The number of carbonyl (C=O) groups excluding carboxylic acids is 1. The molecule has 150 valence electrons. The first-order valence-electron chi connectivity index (χ1n) is 8.94. The zero-order valence-electron chi connectivity index (χ0n) is 15.4. The molecule has 1 amide bonds. The third-order valence-corrected chi connectivity index (χ3v) is 4.54. The average Bonchev–Trinajstić information content (AvgIpc) is 2.77. The number of nitrogens with one attached hydrogen (secondary N) is 1. The lowest BCUT2D eigenvalue weighted by Crippen LogP contribution is -2.28. The Hall–Kier alpha value is -3.94. The molecule has 0 unspecified atom stereocenters. The second-order valence-corrected chi connectivity index (χ2v) is 6.52. The summed E-state index contributed by atoms with van der Waals surface area (Å²) in [6, 6.07) is 17.0. The Morgan fingerprint density at radius 3 is 2.27 bits per heavy atom. The fraction of sp³-hybridized carbons (Fsp3) is 0.0455. The van der Waals surface area contributed by atoms with Gasteiger partial charge in [-0.3, -0.25) is 9.59 Å². The molecule has 0 radical (unpaired) electrons. The van der Waals surface area contributed by atoms with Crippen LogP contribution in [0.4, 0.5) is 18.9 Å². The third kappa shape index (κ3) is 3.55. The summed E-state index contributed by atoms with van der Waals surface area (Å²) >= 11 is 0. The first-order valence-corrected chi connectivity index (χ1v) is 8.94. The van der Waals surface area contributed by atoms with Gasteiger partial charge in [0.2, 0.25) is 0 Å². The number of nitrogens with zero attached hydrogens (tertiary/aromatic N) is 2. The second-order valence-electron chi connectivity index (χ2n) is 6.52. The minimum atomic E-state index is -1.69. The number of halogens is 3. The van der Waals surface area contributed by atoms with Crippen molar-refractivity contribution in [1.82, 2.24) is 9.78 Å². The van der Waals surface area contributed by atoms with Gasteiger partial charge in [0.25, 0.3) is 11.5 Å². The molecule has 0 saturated carbocycles. The van der Waals surface area contributed by atoms with E-state index in [2.05, 4.69) is 10.4 Å². The Morgan fingerprint density at radius 1 is 0.867 bits per heavy atom. The number of aromatic nitrogens is 2. The smallest absolute Gasteiger partial charge is 0.276 e. The highest BCUT2D eigenvalue weighted by Crippen LogP contribution is 2.21. The fourth-order valence-corrected chi connectivity index (χ4v) is 3.07. The van der Waals surface area contributed by atoms with E-state index in [0.29, 0.717) is 6.07 Å². The minimum absolute atomic E-state index is 0.115. The van der Waals surface area contributed by atoms with E-state index in [0.717, 1.165) is 16.3 Å². The van der Waals surface area contributed by atoms with E-state index >= 15 is 0 Å². The Morgan fingerprint density at radius 2 is 1.53 bits per heavy atom. The molecule has 0 spiro atoms. The van der Waals surface area contributed by atoms with Gasteiger partial charge in [0, 0.05) is 5.39 Å². The van der Waals surface area contributed by atoms with Gasteiger partial charge in [0.15, 0.2) is 23.1 Å². The zero-order chi connectivity index (χ0) is 21.3. The van der Waals surface area contributed by atoms with Gasteiger partial charge in [0.05, 0.1) is 17.6 Å². The largest absolute Gasteiger partial charge is 0.318 e. The van der Waals surface area contributed by atoms with Gasteiger partial charge in [0.1, 0.15) is 0 Å². The number of rotatable bonds is 4. The Labute approximate surface area is 168 Å². The minimum Gasteiger partial charge on any atom is -0.318 e. The molecule has 0 atom stereocenters. The molecule has 0 aliphatic rings. The van der Waals surface area contributed by atoms with Crippen molar-refractivity contribution in [1.29, 1.82) is 0 Å². The monoisotopic (exact) mass is 409 g/mol. The van der Waals surface area contributed by atoms with Crippen molar-refractivity contribution in [3.05, 3.63) is 106 Å². The van der Waals surface area contributed by atoms with Crippen LogP contribution in [0.1, 0.15) is 16.1 Å². The Bertz CT molecular complexity index is 1320. The third-order valence-electron chi connectivity index (χ3n) is 4.54. The summed E-state index contributed by atoms with van der Waals surface area (Å²) < 4.78 is 41.8. The molecule has 30 heavy (non-hydrogen) atoms. The van der Waals surface area contributed by atoms with E-state index in [-0.39, 0.29) is 23.0 Å². The number of hydrogen-bond acceptors (Lipinski definition) is 3. The molecule has 1 heterocycles. The van der Waals surface area contributed by atoms with Gasteiger partial charge >= 0.3 is 0 Å². The first-order chi connectivity index (χ1) is 14.5. The van der Waals surface area contributed by atoms with Crippen molar-refractivity contribution in [3.8, 4) is 0 Å². The lowest BCUT2D eigenvalue weighted by molar-refractivity contribution is 0.102. The summed E-state index contributed by atoms with van der Waals surface area (Å²) in [6.07, 6.45) is 0. The van der Waals surface area contributed by atoms with Crippen LogP contribution in [0.3, 0.4) is 0 Å². The number of carbonyl (C=O) groups is 1. The lowest BCUT2D eigenvalue weighted by Gasteiger charge is -2.12. The number of anilines is 1. The molecule has 4 rings (SSSR count). The van der Waals surface area contributed by atoms with Gasteiger partial charge in [-0.1, -0.05) is 48.5 Å². The van der Waals surface area contributed by atoms with E-state index < -0.39 is 34.6 Å². The van der Waals surface area contributed by atoms with Gasteiger partial charge < -0.3 is 5.32 Å². The van der Waals surface area contributed by atoms with Crippen LogP contribution in [0.25, 0.3) is 10.8 Å². The highest BCUT2D eigenvalue weighted by atomic mass is 19.2. The van der Waals surface area contributed by atoms with Crippen molar-refractivity contribution in [2.45, 2.75) is 6.54 Å². The summed E-state index contributed by atoms with van der Waals surface area (Å²) in [7, 11) is 0. The van der Waals surface area contributed by atoms with Gasteiger partial charge in [-0.15, -0.1) is 0 Å². The summed E-state index contributed by atoms with van der Waals surface area (Å²) in [5.74, 6) is -5.45. The maximum absolute atomic E-state index is 14.0. The van der Waals surface area contributed by atoms with Crippen molar-refractivity contribution in [2.24, 2.45) is 0 Å². The number of amides is 1. The zero-order valence-corrected chi connectivity index (χ0v) is 15.4. The van der Waals surface area contributed by atoms with Crippen LogP contribution in [0.15, 0.2) is 71.5 Å². The highest BCUT2D eigenvalue weighted by Gasteiger charge is 2.20. The topological polar surface area (TPSA) is 64.0 Å². The van der Waals surface area contributed by atoms with Crippen molar-refractivity contribution < 1.29 is 18.0 Å². The molecule has 0 bridgehead atoms. The average molecular weight is 409 g/mol. The molecule has 0 saturated heterocycles. The van der Waals surface area contributed by atoms with E-state index in [1.807, 2.05) is 6.07 Å². The van der Waals surface area contributed by atoms with Gasteiger partial charge in [-0.2, -0.15) is 5.10 Å². The Balaban J connectivity index is 1.80. The molecule has 0 aliphatic carbocycles. The molecular formula is C22H14F3N3O2. The van der Waals surface area contributed by atoms with Crippen LogP contribution in [0.5, 0.6) is 0 Å². The quantitative estimate of drug-likeness (QED) is 0.516. The highest BCUT2D eigenvalue weighted by molar-refractivity contribution is 6.11. The number of hydrogen-bond donors (Lipinski definition) is 1. The molecule has 1 aromatic heterocycles. The normalized spacial score (nSPS) is 10.9. The SMILES string of the molecule is O=C(Nc1ccc(F)c(F)c1F)c1nn(Cc2ccccc2)c(=O)c2ccccc12. The van der Waals surface area contributed by atoms with Crippen LogP contribution in [-0.2, 0) is 6.54 Å². The molecule has 8 heteroatoms. The predicted octanol–water partition coefficient (Wildman–Crippen LogP) is 4.11. The summed E-state index contributed by atoms with van der Waals surface area (Å²) in [5, 5.41) is 6.87. The van der Waals surface area contributed by atoms with Crippen LogP contribution >= 0.6 is 0 Å². The van der Waals surface area contributed by atoms with E-state index in [1.54, 1.807) is 42.5 Å².